The van der Waals surface area contributed by atoms with Gasteiger partial charge in [-0.25, -0.2) is 0 Å². The number of nitrogens with zero attached hydrogens (tertiary/aromatic N) is 3. The zero-order valence-electron chi connectivity index (χ0n) is 19.4. The summed E-state index contributed by atoms with van der Waals surface area (Å²) in [6.07, 6.45) is 6.77. The lowest BCUT2D eigenvalue weighted by Gasteiger charge is -2.11. The summed E-state index contributed by atoms with van der Waals surface area (Å²) in [5.74, 6) is 0. The zero-order valence-corrected chi connectivity index (χ0v) is 19.4. The van der Waals surface area contributed by atoms with Crippen LogP contribution in [-0.4, -0.2) is 28.8 Å². The van der Waals surface area contributed by atoms with E-state index >= 15 is 0 Å². The topological polar surface area (TPSA) is 86.7 Å². The highest BCUT2D eigenvalue weighted by atomic mass is 16.5. The molecule has 0 spiro atoms. The average Bonchev–Trinajstić information content (AvgIpc) is 3.45. The molecule has 34 heavy (non-hydrogen) atoms. The molecule has 0 amide bonds. The van der Waals surface area contributed by atoms with E-state index in [4.69, 9.17) is 4.74 Å². The third-order valence-corrected chi connectivity index (χ3v) is 6.02. The number of hydrogen-bond acceptors (Lipinski definition) is 6. The van der Waals surface area contributed by atoms with E-state index in [2.05, 4.69) is 85.6 Å². The molecule has 174 valence electrons. The van der Waals surface area contributed by atoms with E-state index in [0.717, 1.165) is 48.6 Å². The van der Waals surface area contributed by atoms with Gasteiger partial charge in [0.15, 0.2) is 5.66 Å². The maximum Gasteiger partial charge on any atom is 0.188 e. The van der Waals surface area contributed by atoms with Crippen LogP contribution in [0.3, 0.4) is 0 Å². The molecule has 0 radical (unpaired) electrons. The molecule has 0 aliphatic carbocycles. The highest BCUT2D eigenvalue weighted by molar-refractivity contribution is 5.83. The summed E-state index contributed by atoms with van der Waals surface area (Å²) in [5.41, 5.74) is 6.43. The molecule has 0 bridgehead atoms. The minimum atomic E-state index is -0.145. The van der Waals surface area contributed by atoms with Gasteiger partial charge in [0.2, 0.25) is 0 Å². The van der Waals surface area contributed by atoms with Gasteiger partial charge in [-0.15, -0.1) is 0 Å². The van der Waals surface area contributed by atoms with Gasteiger partial charge in [0.25, 0.3) is 0 Å². The van der Waals surface area contributed by atoms with Crippen molar-refractivity contribution < 1.29 is 4.74 Å². The van der Waals surface area contributed by atoms with Crippen molar-refractivity contribution in [2.45, 2.75) is 38.5 Å². The molecule has 3 N–H and O–H groups in total. The Labute approximate surface area is 199 Å². The second-order valence-corrected chi connectivity index (χ2v) is 8.85. The van der Waals surface area contributed by atoms with E-state index in [1.165, 1.54) is 16.5 Å². The number of aromatic amines is 1. The Morgan fingerprint density at radius 2 is 1.79 bits per heavy atom. The lowest BCUT2D eigenvalue weighted by molar-refractivity contribution is 0.113. The number of fused-ring (bicyclic) bond motifs is 1. The van der Waals surface area contributed by atoms with Crippen LogP contribution in [-0.2, 0) is 17.8 Å². The van der Waals surface area contributed by atoms with Crippen LogP contribution in [0.5, 0.6) is 0 Å². The Morgan fingerprint density at radius 1 is 0.971 bits per heavy atom. The molecule has 7 heteroatoms. The predicted octanol–water partition coefficient (Wildman–Crippen LogP) is 6.44. The molecule has 5 rings (SSSR count). The van der Waals surface area contributed by atoms with Crippen LogP contribution in [0.1, 0.15) is 31.0 Å². The van der Waals surface area contributed by atoms with Gasteiger partial charge in [0.05, 0.1) is 12.3 Å². The number of anilines is 3. The van der Waals surface area contributed by atoms with Crippen LogP contribution in [0.15, 0.2) is 83.3 Å². The summed E-state index contributed by atoms with van der Waals surface area (Å²) < 4.78 is 5.77. The van der Waals surface area contributed by atoms with Crippen molar-refractivity contribution in [1.29, 1.82) is 0 Å². The number of para-hydroxylation sites is 1. The molecule has 0 saturated carbocycles. The summed E-state index contributed by atoms with van der Waals surface area (Å²) >= 11 is 0. The first-order chi connectivity index (χ1) is 16.7. The number of benzene rings is 2. The number of aromatic nitrogens is 2. The van der Waals surface area contributed by atoms with Gasteiger partial charge >= 0.3 is 0 Å². The third kappa shape index (κ3) is 5.80. The zero-order chi connectivity index (χ0) is 23.2. The number of rotatable bonds is 12. The Morgan fingerprint density at radius 3 is 2.65 bits per heavy atom. The van der Waals surface area contributed by atoms with Gasteiger partial charge in [-0.3, -0.25) is 4.98 Å². The van der Waals surface area contributed by atoms with Crippen molar-refractivity contribution in [3.8, 4) is 0 Å². The first-order valence-corrected chi connectivity index (χ1v) is 11.8. The monoisotopic (exact) mass is 454 g/mol. The van der Waals surface area contributed by atoms with Gasteiger partial charge in [-0.05, 0) is 74.2 Å². The number of H-pyrrole nitrogens is 1. The third-order valence-electron chi connectivity index (χ3n) is 6.02. The van der Waals surface area contributed by atoms with E-state index in [1.807, 2.05) is 25.3 Å². The van der Waals surface area contributed by atoms with E-state index in [0.29, 0.717) is 13.2 Å². The van der Waals surface area contributed by atoms with Crippen LogP contribution in [0.4, 0.5) is 17.1 Å². The standard InChI is InChI=1S/C27H30N6O/c1-27(32-33-27)13-4-16-34-19-24-17-23(12-15-29-24)31-22-9-7-21(8-10-22)28-14-11-20-18-30-26-6-3-2-5-25(20)26/h2-3,5-10,12,15,17-18,28,30H,4,11,13-14,16,19H2,1H3,(H,29,31). The number of hydrogen-bond donors (Lipinski definition) is 3. The Hall–Kier alpha value is -3.71. The highest BCUT2D eigenvalue weighted by Gasteiger charge is 2.32. The van der Waals surface area contributed by atoms with E-state index < -0.39 is 0 Å². The van der Waals surface area contributed by atoms with Gasteiger partial charge in [0.1, 0.15) is 0 Å². The quantitative estimate of drug-likeness (QED) is 0.215. The molecule has 2 aromatic heterocycles. The largest absolute Gasteiger partial charge is 0.385 e. The van der Waals surface area contributed by atoms with Crippen molar-refractivity contribution in [2.24, 2.45) is 10.2 Å². The van der Waals surface area contributed by atoms with Crippen LogP contribution >= 0.6 is 0 Å². The van der Waals surface area contributed by atoms with Crippen molar-refractivity contribution >= 4 is 28.0 Å². The fraction of sp³-hybridized carbons (Fsp3) is 0.296. The lowest BCUT2D eigenvalue weighted by Crippen LogP contribution is -2.06. The Bertz CT molecular complexity index is 1260. The number of ether oxygens (including phenoxy) is 1. The maximum absolute atomic E-state index is 5.77. The summed E-state index contributed by atoms with van der Waals surface area (Å²) in [7, 11) is 0. The van der Waals surface area contributed by atoms with Crippen LogP contribution in [0.25, 0.3) is 10.9 Å². The summed E-state index contributed by atoms with van der Waals surface area (Å²) in [4.78, 5) is 7.75. The molecule has 2 aromatic carbocycles. The molecule has 3 heterocycles. The minimum absolute atomic E-state index is 0.145. The molecule has 4 aromatic rings. The summed E-state index contributed by atoms with van der Waals surface area (Å²) in [5, 5.41) is 16.3. The molecule has 0 saturated heterocycles. The molecule has 1 aliphatic rings. The molecule has 0 fully saturated rings. The second kappa shape index (κ2) is 10.1. The predicted molar refractivity (Wildman–Crippen MR) is 137 cm³/mol. The highest BCUT2D eigenvalue weighted by Crippen LogP contribution is 2.31. The fourth-order valence-corrected chi connectivity index (χ4v) is 4.02. The van der Waals surface area contributed by atoms with Crippen molar-refractivity contribution in [3.63, 3.8) is 0 Å². The van der Waals surface area contributed by atoms with Gasteiger partial charge in [-0.2, -0.15) is 10.2 Å². The summed E-state index contributed by atoms with van der Waals surface area (Å²) in [6, 6.07) is 20.8. The van der Waals surface area contributed by atoms with Crippen LogP contribution in [0.2, 0.25) is 0 Å². The fourth-order valence-electron chi connectivity index (χ4n) is 4.02. The van der Waals surface area contributed by atoms with Gasteiger partial charge in [-0.1, -0.05) is 18.2 Å². The molecular formula is C27H30N6O. The van der Waals surface area contributed by atoms with Crippen molar-refractivity contribution in [3.05, 3.63) is 84.3 Å². The van der Waals surface area contributed by atoms with E-state index in [-0.39, 0.29) is 5.66 Å². The number of pyridine rings is 1. The molecule has 1 aliphatic heterocycles. The molecule has 7 nitrogen and oxygen atoms in total. The van der Waals surface area contributed by atoms with Crippen LogP contribution < -0.4 is 10.6 Å². The molecule has 0 unspecified atom stereocenters. The maximum atomic E-state index is 5.77. The first-order valence-electron chi connectivity index (χ1n) is 11.8. The van der Waals surface area contributed by atoms with E-state index in [9.17, 15) is 0 Å². The van der Waals surface area contributed by atoms with Gasteiger partial charge < -0.3 is 20.4 Å². The second-order valence-electron chi connectivity index (χ2n) is 8.85. The van der Waals surface area contributed by atoms with Crippen LogP contribution in [0, 0.1) is 0 Å². The Kier molecular flexibility index (Phi) is 6.53. The smallest absolute Gasteiger partial charge is 0.188 e. The normalized spacial score (nSPS) is 13.8. The van der Waals surface area contributed by atoms with E-state index in [1.54, 1.807) is 0 Å². The van der Waals surface area contributed by atoms with Crippen molar-refractivity contribution in [2.75, 3.05) is 23.8 Å². The molecule has 0 atom stereocenters. The SMILES string of the molecule is CC1(CCCOCc2cc(Nc3ccc(NCCc4c[nH]c5ccccc45)cc3)ccn2)N=N1. The summed E-state index contributed by atoms with van der Waals surface area (Å²) in [6.45, 7) is 4.11. The number of nitrogens with one attached hydrogen (secondary N) is 3. The Balaban J connectivity index is 1.07. The van der Waals surface area contributed by atoms with Crippen molar-refractivity contribution in [1.82, 2.24) is 9.97 Å². The average molecular weight is 455 g/mol. The minimum Gasteiger partial charge on any atom is -0.385 e. The molecular weight excluding hydrogens is 424 g/mol. The lowest BCUT2D eigenvalue weighted by atomic mass is 10.1. The van der Waals surface area contributed by atoms with Gasteiger partial charge in [0, 0.05) is 53.5 Å². The first kappa shape index (κ1) is 22.1.